The monoisotopic (exact) mass is 396 g/mol. The minimum absolute atomic E-state index is 0.653. The third-order valence-corrected chi connectivity index (χ3v) is 4.23. The zero-order valence-electron chi connectivity index (χ0n) is 14.7. The van der Waals surface area contributed by atoms with Gasteiger partial charge in [0.2, 0.25) is 0 Å². The van der Waals surface area contributed by atoms with Crippen LogP contribution in [0.25, 0.3) is 0 Å². The van der Waals surface area contributed by atoms with Crippen molar-refractivity contribution in [3.8, 4) is 0 Å². The summed E-state index contributed by atoms with van der Waals surface area (Å²) in [5.74, 6) is 0.653. The summed E-state index contributed by atoms with van der Waals surface area (Å²) in [6.45, 7) is 0. The molecular formula is C21H18Cl2N4. The van der Waals surface area contributed by atoms with Crippen LogP contribution in [0.5, 0.6) is 0 Å². The van der Waals surface area contributed by atoms with Crippen LogP contribution in [-0.4, -0.2) is 24.1 Å². The number of hydrazone groups is 2. The Morgan fingerprint density at radius 2 is 1.44 bits per heavy atom. The fraction of sp³-hybridized carbons (Fsp3) is 0.0476. The van der Waals surface area contributed by atoms with E-state index in [0.717, 1.165) is 16.8 Å². The van der Waals surface area contributed by atoms with Crippen molar-refractivity contribution in [3.05, 3.63) is 100 Å². The van der Waals surface area contributed by atoms with Gasteiger partial charge in [-0.1, -0.05) is 53.5 Å². The minimum Gasteiger partial charge on any atom is -0.276 e. The Morgan fingerprint density at radius 3 is 2.07 bits per heavy atom. The number of rotatable bonds is 5. The SMILES string of the molecule is CN(/N=C/c1ccc(Cl)cc1)/C(=N\Nc1ccccc1)c1ccc(Cl)cc1. The summed E-state index contributed by atoms with van der Waals surface area (Å²) >= 11 is 11.9. The maximum Gasteiger partial charge on any atom is 0.176 e. The van der Waals surface area contributed by atoms with E-state index in [0.29, 0.717) is 15.9 Å². The Labute approximate surface area is 168 Å². The molecule has 0 aliphatic rings. The smallest absolute Gasteiger partial charge is 0.176 e. The lowest BCUT2D eigenvalue weighted by Gasteiger charge is -2.16. The summed E-state index contributed by atoms with van der Waals surface area (Å²) in [5, 5.41) is 12.1. The van der Waals surface area contributed by atoms with Crippen LogP contribution >= 0.6 is 23.2 Å². The number of nitrogens with one attached hydrogen (secondary N) is 1. The highest BCUT2D eigenvalue weighted by molar-refractivity contribution is 6.31. The van der Waals surface area contributed by atoms with E-state index < -0.39 is 0 Å². The molecule has 0 amide bonds. The molecule has 0 saturated carbocycles. The van der Waals surface area contributed by atoms with E-state index in [1.165, 1.54) is 0 Å². The molecule has 0 heterocycles. The van der Waals surface area contributed by atoms with Crippen molar-refractivity contribution in [3.63, 3.8) is 0 Å². The highest BCUT2D eigenvalue weighted by atomic mass is 35.5. The Hall–Kier alpha value is -2.82. The summed E-state index contributed by atoms with van der Waals surface area (Å²) in [7, 11) is 1.84. The van der Waals surface area contributed by atoms with Gasteiger partial charge in [0.05, 0.1) is 11.9 Å². The number of amidine groups is 1. The van der Waals surface area contributed by atoms with Gasteiger partial charge in [0, 0.05) is 22.7 Å². The van der Waals surface area contributed by atoms with Gasteiger partial charge in [-0.25, -0.2) is 5.01 Å². The average molecular weight is 397 g/mol. The van der Waals surface area contributed by atoms with Gasteiger partial charge in [0.1, 0.15) is 0 Å². The van der Waals surface area contributed by atoms with Crippen LogP contribution in [0.15, 0.2) is 89.1 Å². The van der Waals surface area contributed by atoms with Crippen LogP contribution < -0.4 is 5.43 Å². The first-order valence-corrected chi connectivity index (χ1v) is 9.05. The van der Waals surface area contributed by atoms with Gasteiger partial charge in [-0.3, -0.25) is 5.43 Å². The molecule has 0 unspecified atom stereocenters. The molecule has 0 atom stereocenters. The third kappa shape index (κ3) is 5.58. The Bertz CT molecular complexity index is 921. The molecule has 136 valence electrons. The number of hydrogen-bond donors (Lipinski definition) is 1. The van der Waals surface area contributed by atoms with Crippen LogP contribution in [0, 0.1) is 0 Å². The van der Waals surface area contributed by atoms with Crippen molar-refractivity contribution in [1.29, 1.82) is 0 Å². The molecule has 0 fully saturated rings. The second-order valence-electron chi connectivity index (χ2n) is 5.74. The Kier molecular flexibility index (Phi) is 6.47. The molecule has 4 nitrogen and oxygen atoms in total. The van der Waals surface area contributed by atoms with Crippen molar-refractivity contribution in [2.45, 2.75) is 0 Å². The molecule has 0 bridgehead atoms. The van der Waals surface area contributed by atoms with Crippen molar-refractivity contribution in [1.82, 2.24) is 5.01 Å². The number of para-hydroxylation sites is 1. The quantitative estimate of drug-likeness (QED) is 0.339. The second kappa shape index (κ2) is 9.21. The topological polar surface area (TPSA) is 40.0 Å². The molecule has 0 aliphatic heterocycles. The lowest BCUT2D eigenvalue weighted by atomic mass is 10.2. The van der Waals surface area contributed by atoms with Gasteiger partial charge >= 0.3 is 0 Å². The molecule has 3 aromatic carbocycles. The molecule has 3 aromatic rings. The van der Waals surface area contributed by atoms with Gasteiger partial charge in [-0.15, -0.1) is 0 Å². The Morgan fingerprint density at radius 1 is 0.852 bits per heavy atom. The number of nitrogens with zero attached hydrogens (tertiary/aromatic N) is 3. The highest BCUT2D eigenvalue weighted by Gasteiger charge is 2.09. The lowest BCUT2D eigenvalue weighted by Crippen LogP contribution is -2.24. The average Bonchev–Trinajstić information content (AvgIpc) is 2.70. The molecular weight excluding hydrogens is 379 g/mol. The molecule has 0 radical (unpaired) electrons. The van der Waals surface area contributed by atoms with Crippen molar-refractivity contribution in [2.24, 2.45) is 10.2 Å². The molecule has 27 heavy (non-hydrogen) atoms. The summed E-state index contributed by atoms with van der Waals surface area (Å²) < 4.78 is 0. The van der Waals surface area contributed by atoms with Crippen LogP contribution in [0.2, 0.25) is 10.0 Å². The predicted molar refractivity (Wildman–Crippen MR) is 115 cm³/mol. The van der Waals surface area contributed by atoms with Gasteiger partial charge in [-0.2, -0.15) is 10.2 Å². The summed E-state index contributed by atoms with van der Waals surface area (Å²) in [4.78, 5) is 0. The fourth-order valence-corrected chi connectivity index (χ4v) is 2.56. The highest BCUT2D eigenvalue weighted by Crippen LogP contribution is 2.14. The first kappa shape index (κ1) is 19.0. The standard InChI is InChI=1S/C21H18Cl2N4/c1-27(24-15-16-7-11-18(22)12-8-16)21(17-9-13-19(23)14-10-17)26-25-20-5-3-2-4-6-20/h2-15,25H,1H3/b24-15+,26-21-. The van der Waals surface area contributed by atoms with Crippen LogP contribution in [0.3, 0.4) is 0 Å². The van der Waals surface area contributed by atoms with Gasteiger partial charge in [0.15, 0.2) is 5.84 Å². The Balaban J connectivity index is 1.85. The second-order valence-corrected chi connectivity index (χ2v) is 6.61. The normalized spacial score (nSPS) is 11.6. The zero-order chi connectivity index (χ0) is 19.1. The van der Waals surface area contributed by atoms with E-state index in [2.05, 4.69) is 15.6 Å². The summed E-state index contributed by atoms with van der Waals surface area (Å²) in [6, 6.07) is 24.7. The molecule has 0 spiro atoms. The van der Waals surface area contributed by atoms with Crippen LogP contribution in [0.1, 0.15) is 11.1 Å². The third-order valence-electron chi connectivity index (χ3n) is 3.72. The summed E-state index contributed by atoms with van der Waals surface area (Å²) in [6.07, 6.45) is 1.75. The predicted octanol–water partition coefficient (Wildman–Crippen LogP) is 5.73. The van der Waals surface area contributed by atoms with Crippen LogP contribution in [-0.2, 0) is 0 Å². The number of halogens is 2. The molecule has 6 heteroatoms. The minimum atomic E-state index is 0.653. The molecule has 0 saturated heterocycles. The van der Waals surface area contributed by atoms with Gasteiger partial charge in [0.25, 0.3) is 0 Å². The molecule has 0 aliphatic carbocycles. The van der Waals surface area contributed by atoms with Crippen molar-refractivity contribution < 1.29 is 0 Å². The van der Waals surface area contributed by atoms with Gasteiger partial charge < -0.3 is 0 Å². The van der Waals surface area contributed by atoms with Gasteiger partial charge in [-0.05, 0) is 54.1 Å². The van der Waals surface area contributed by atoms with E-state index in [-0.39, 0.29) is 0 Å². The van der Waals surface area contributed by atoms with E-state index in [4.69, 9.17) is 23.2 Å². The van der Waals surface area contributed by atoms with E-state index in [9.17, 15) is 0 Å². The van der Waals surface area contributed by atoms with Crippen molar-refractivity contribution in [2.75, 3.05) is 12.5 Å². The number of benzene rings is 3. The molecule has 3 rings (SSSR count). The maximum atomic E-state index is 6.01. The first-order chi connectivity index (χ1) is 13.1. The largest absolute Gasteiger partial charge is 0.276 e. The maximum absolute atomic E-state index is 6.01. The fourth-order valence-electron chi connectivity index (χ4n) is 2.31. The molecule has 1 N–H and O–H groups in total. The summed E-state index contributed by atoms with van der Waals surface area (Å²) in [5.41, 5.74) is 5.78. The number of hydrogen-bond acceptors (Lipinski definition) is 3. The number of anilines is 1. The zero-order valence-corrected chi connectivity index (χ0v) is 16.2. The molecule has 0 aromatic heterocycles. The first-order valence-electron chi connectivity index (χ1n) is 8.30. The van der Waals surface area contributed by atoms with E-state index >= 15 is 0 Å². The van der Waals surface area contributed by atoms with E-state index in [1.54, 1.807) is 11.2 Å². The lowest BCUT2D eigenvalue weighted by molar-refractivity contribution is 0.547. The van der Waals surface area contributed by atoms with E-state index in [1.807, 2.05) is 85.9 Å². The van der Waals surface area contributed by atoms with Crippen LogP contribution in [0.4, 0.5) is 5.69 Å². The van der Waals surface area contributed by atoms with Crippen molar-refractivity contribution >= 4 is 40.9 Å².